The van der Waals surface area contributed by atoms with Gasteiger partial charge in [-0.15, -0.1) is 0 Å². The second-order valence-electron chi connectivity index (χ2n) is 3.42. The van der Waals surface area contributed by atoms with Gasteiger partial charge in [-0.1, -0.05) is 17.7 Å². The monoisotopic (exact) mass is 282 g/mol. The third kappa shape index (κ3) is 2.47. The van der Waals surface area contributed by atoms with Crippen LogP contribution in [0.2, 0.25) is 5.02 Å². The number of nitrogen functional groups attached to an aromatic ring is 1. The highest BCUT2D eigenvalue weighted by Gasteiger charge is 2.20. The van der Waals surface area contributed by atoms with Crippen LogP contribution in [0.25, 0.3) is 0 Å². The number of carbonyl (C=O) groups excluding carboxylic acids is 1. The Hall–Kier alpha value is -2.61. The summed E-state index contributed by atoms with van der Waals surface area (Å²) in [5.41, 5.74) is 4.90. The molecule has 2 aromatic rings. The molecule has 4 N–H and O–H groups in total. The molecule has 0 saturated heterocycles. The number of aromatic nitrogens is 2. The Morgan fingerprint density at radius 1 is 1.37 bits per heavy atom. The van der Waals surface area contributed by atoms with Gasteiger partial charge >= 0.3 is 5.97 Å². The molecule has 1 aromatic carbocycles. The first-order valence-electron chi connectivity index (χ1n) is 4.92. The van der Waals surface area contributed by atoms with E-state index in [-0.39, 0.29) is 27.8 Å². The predicted octanol–water partition coefficient (Wildman–Crippen LogP) is 1.26. The van der Waals surface area contributed by atoms with Crippen LogP contribution in [-0.4, -0.2) is 27.3 Å². The van der Waals surface area contributed by atoms with E-state index in [2.05, 4.69) is 20.3 Å². The van der Waals surface area contributed by atoms with Crippen molar-refractivity contribution in [3.05, 3.63) is 34.5 Å². The van der Waals surface area contributed by atoms with Crippen LogP contribution in [0.15, 0.2) is 22.8 Å². The fourth-order valence-corrected chi connectivity index (χ4v) is 1.64. The van der Waals surface area contributed by atoms with E-state index in [1.807, 2.05) is 0 Å². The van der Waals surface area contributed by atoms with Crippen molar-refractivity contribution in [3.8, 4) is 0 Å². The molecule has 0 unspecified atom stereocenters. The predicted molar refractivity (Wildman–Crippen MR) is 65.1 cm³/mol. The summed E-state index contributed by atoms with van der Waals surface area (Å²) in [4.78, 5) is 22.9. The molecule has 1 heterocycles. The number of nitrogens with zero attached hydrogens (tertiary/aromatic N) is 2. The Labute approximate surface area is 111 Å². The van der Waals surface area contributed by atoms with Crippen LogP contribution >= 0.6 is 11.6 Å². The third-order valence-electron chi connectivity index (χ3n) is 2.20. The van der Waals surface area contributed by atoms with Crippen LogP contribution in [0.3, 0.4) is 0 Å². The van der Waals surface area contributed by atoms with Gasteiger partial charge in [0.25, 0.3) is 5.91 Å². The van der Waals surface area contributed by atoms with Crippen LogP contribution in [0.5, 0.6) is 0 Å². The fourth-order valence-electron chi connectivity index (χ4n) is 1.38. The maximum Gasteiger partial charge on any atom is 0.339 e. The van der Waals surface area contributed by atoms with Gasteiger partial charge in [0.1, 0.15) is 5.56 Å². The number of hydrogen-bond acceptors (Lipinski definition) is 6. The van der Waals surface area contributed by atoms with Crippen molar-refractivity contribution >= 4 is 35.0 Å². The zero-order chi connectivity index (χ0) is 14.0. The van der Waals surface area contributed by atoms with Crippen LogP contribution in [-0.2, 0) is 0 Å². The third-order valence-corrected chi connectivity index (χ3v) is 2.52. The Morgan fingerprint density at radius 3 is 2.68 bits per heavy atom. The first kappa shape index (κ1) is 12.8. The lowest BCUT2D eigenvalue weighted by atomic mass is 10.1. The lowest BCUT2D eigenvalue weighted by Crippen LogP contribution is -2.16. The van der Waals surface area contributed by atoms with E-state index in [0.29, 0.717) is 0 Å². The first-order valence-corrected chi connectivity index (χ1v) is 5.29. The molecule has 98 valence electrons. The van der Waals surface area contributed by atoms with Gasteiger partial charge in [-0.3, -0.25) is 4.79 Å². The lowest BCUT2D eigenvalue weighted by Gasteiger charge is -2.08. The molecule has 8 nitrogen and oxygen atoms in total. The standard InChI is InChI=1S/C10H7ClN4O4/c11-4-2-1-3-5(6(4)10(17)18)13-9(16)7-8(12)15-19-14-7/h1-3H,(H2,12,15)(H,13,16)(H,17,18). The molecule has 2 rings (SSSR count). The van der Waals surface area contributed by atoms with Gasteiger partial charge in [-0.25, -0.2) is 9.42 Å². The second kappa shape index (κ2) is 4.94. The number of nitrogens with one attached hydrogen (secondary N) is 1. The summed E-state index contributed by atoms with van der Waals surface area (Å²) in [6, 6.07) is 4.28. The highest BCUT2D eigenvalue weighted by Crippen LogP contribution is 2.25. The van der Waals surface area contributed by atoms with E-state index in [1.165, 1.54) is 18.2 Å². The van der Waals surface area contributed by atoms with E-state index < -0.39 is 11.9 Å². The number of hydrogen-bond donors (Lipinski definition) is 3. The number of amides is 1. The van der Waals surface area contributed by atoms with Crippen LogP contribution in [0, 0.1) is 0 Å². The Kier molecular flexibility index (Phi) is 3.34. The van der Waals surface area contributed by atoms with E-state index in [9.17, 15) is 9.59 Å². The summed E-state index contributed by atoms with van der Waals surface area (Å²) < 4.78 is 4.28. The molecule has 19 heavy (non-hydrogen) atoms. The summed E-state index contributed by atoms with van der Waals surface area (Å²) in [7, 11) is 0. The molecular formula is C10H7ClN4O4. The number of carboxylic acids is 1. The van der Waals surface area contributed by atoms with Crippen molar-refractivity contribution in [2.75, 3.05) is 11.1 Å². The molecule has 1 aromatic heterocycles. The van der Waals surface area contributed by atoms with Gasteiger partial charge in [-0.2, -0.15) is 0 Å². The van der Waals surface area contributed by atoms with Gasteiger partial charge in [-0.05, 0) is 22.4 Å². The summed E-state index contributed by atoms with van der Waals surface area (Å²) >= 11 is 5.76. The fraction of sp³-hybridized carbons (Fsp3) is 0. The maximum atomic E-state index is 11.8. The minimum atomic E-state index is -1.27. The SMILES string of the molecule is Nc1nonc1C(=O)Nc1cccc(Cl)c1C(=O)O. The Morgan fingerprint density at radius 2 is 2.11 bits per heavy atom. The maximum absolute atomic E-state index is 11.8. The van der Waals surface area contributed by atoms with Gasteiger partial charge in [0.15, 0.2) is 0 Å². The molecule has 0 saturated carbocycles. The zero-order valence-electron chi connectivity index (χ0n) is 9.25. The van der Waals surface area contributed by atoms with Gasteiger partial charge in [0, 0.05) is 0 Å². The first-order chi connectivity index (χ1) is 9.00. The van der Waals surface area contributed by atoms with E-state index in [0.717, 1.165) is 0 Å². The van der Waals surface area contributed by atoms with Crippen molar-refractivity contribution in [3.63, 3.8) is 0 Å². The average Bonchev–Trinajstić information content (AvgIpc) is 2.75. The number of nitrogens with two attached hydrogens (primary N) is 1. The number of rotatable bonds is 3. The molecule has 0 aliphatic heterocycles. The van der Waals surface area contributed by atoms with Crippen molar-refractivity contribution in [2.45, 2.75) is 0 Å². The lowest BCUT2D eigenvalue weighted by molar-refractivity contribution is 0.0698. The number of anilines is 2. The van der Waals surface area contributed by atoms with E-state index in [4.69, 9.17) is 22.4 Å². The number of halogens is 1. The van der Waals surface area contributed by atoms with Crippen LogP contribution in [0.4, 0.5) is 11.5 Å². The summed E-state index contributed by atoms with van der Waals surface area (Å²) in [6.45, 7) is 0. The van der Waals surface area contributed by atoms with Gasteiger partial charge in [0.05, 0.1) is 10.7 Å². The van der Waals surface area contributed by atoms with Crippen molar-refractivity contribution in [1.82, 2.24) is 10.3 Å². The Bertz CT molecular complexity index is 655. The smallest absolute Gasteiger partial charge is 0.339 e. The number of benzene rings is 1. The van der Waals surface area contributed by atoms with Crippen molar-refractivity contribution in [1.29, 1.82) is 0 Å². The minimum Gasteiger partial charge on any atom is -0.478 e. The normalized spacial score (nSPS) is 10.2. The summed E-state index contributed by atoms with van der Waals surface area (Å²) in [5, 5.41) is 17.9. The molecule has 0 aliphatic rings. The highest BCUT2D eigenvalue weighted by atomic mass is 35.5. The second-order valence-corrected chi connectivity index (χ2v) is 3.83. The molecule has 0 radical (unpaired) electrons. The Balaban J connectivity index is 2.35. The molecule has 1 amide bonds. The number of carboxylic acid groups (broad SMARTS) is 1. The molecule has 0 aliphatic carbocycles. The molecule has 0 spiro atoms. The quantitative estimate of drug-likeness (QED) is 0.772. The van der Waals surface area contributed by atoms with Crippen LogP contribution in [0.1, 0.15) is 20.8 Å². The largest absolute Gasteiger partial charge is 0.478 e. The number of aromatic carboxylic acids is 1. The molecular weight excluding hydrogens is 276 g/mol. The highest BCUT2D eigenvalue weighted by molar-refractivity contribution is 6.34. The summed E-state index contributed by atoms with van der Waals surface area (Å²) in [5.74, 6) is -2.22. The van der Waals surface area contributed by atoms with Crippen molar-refractivity contribution < 1.29 is 19.3 Å². The molecule has 0 atom stereocenters. The minimum absolute atomic E-state index is 0.00319. The molecule has 9 heteroatoms. The average molecular weight is 283 g/mol. The number of carbonyl (C=O) groups is 2. The van der Waals surface area contributed by atoms with E-state index in [1.54, 1.807) is 0 Å². The van der Waals surface area contributed by atoms with Crippen molar-refractivity contribution in [2.24, 2.45) is 0 Å². The zero-order valence-corrected chi connectivity index (χ0v) is 10.0. The van der Waals surface area contributed by atoms with Gasteiger partial charge < -0.3 is 16.2 Å². The molecule has 0 fully saturated rings. The van der Waals surface area contributed by atoms with Gasteiger partial charge in [0.2, 0.25) is 11.5 Å². The van der Waals surface area contributed by atoms with Crippen LogP contribution < -0.4 is 11.1 Å². The summed E-state index contributed by atoms with van der Waals surface area (Å²) in [6.07, 6.45) is 0. The molecule has 0 bridgehead atoms. The van der Waals surface area contributed by atoms with E-state index >= 15 is 0 Å². The topological polar surface area (TPSA) is 131 Å².